The van der Waals surface area contributed by atoms with E-state index in [9.17, 15) is 4.79 Å². The zero-order valence-corrected chi connectivity index (χ0v) is 14.3. The second-order valence-corrected chi connectivity index (χ2v) is 6.88. The van der Waals surface area contributed by atoms with Crippen LogP contribution in [0.1, 0.15) is 54.2 Å². The number of nitrogens with zero attached hydrogens (tertiary/aromatic N) is 6. The molecule has 128 valence electrons. The zero-order chi connectivity index (χ0) is 16.9. The predicted molar refractivity (Wildman–Crippen MR) is 84.4 cm³/mol. The van der Waals surface area contributed by atoms with Crippen LogP contribution in [0, 0.1) is 19.8 Å². The molecule has 8 nitrogen and oxygen atoms in total. The van der Waals surface area contributed by atoms with Crippen LogP contribution in [0.4, 0.5) is 0 Å². The number of amides is 1. The highest BCUT2D eigenvalue weighted by atomic mass is 16.4. The summed E-state index contributed by atoms with van der Waals surface area (Å²) < 4.78 is 5.76. The van der Waals surface area contributed by atoms with Gasteiger partial charge in [0.05, 0.1) is 17.7 Å². The van der Waals surface area contributed by atoms with Crippen molar-refractivity contribution in [2.45, 2.75) is 52.0 Å². The van der Waals surface area contributed by atoms with Crippen molar-refractivity contribution < 1.29 is 9.21 Å². The first-order chi connectivity index (χ1) is 11.5. The summed E-state index contributed by atoms with van der Waals surface area (Å²) in [5.74, 6) is 1.60. The summed E-state index contributed by atoms with van der Waals surface area (Å²) >= 11 is 0. The number of aromatic nitrogens is 5. The summed E-state index contributed by atoms with van der Waals surface area (Å²) in [5.41, 5.74) is 0.946. The second kappa shape index (κ2) is 5.39. The van der Waals surface area contributed by atoms with Crippen molar-refractivity contribution >= 4 is 5.91 Å². The highest BCUT2D eigenvalue weighted by Crippen LogP contribution is 2.50. The molecule has 1 aliphatic heterocycles. The largest absolute Gasteiger partial charge is 0.425 e. The summed E-state index contributed by atoms with van der Waals surface area (Å²) in [7, 11) is 0. The second-order valence-electron chi connectivity index (χ2n) is 6.88. The smallest absolute Gasteiger partial charge is 0.276 e. The summed E-state index contributed by atoms with van der Waals surface area (Å²) in [6.07, 6.45) is 3.22. The molecule has 0 spiro atoms. The van der Waals surface area contributed by atoms with Crippen molar-refractivity contribution in [1.29, 1.82) is 0 Å². The summed E-state index contributed by atoms with van der Waals surface area (Å²) in [6.45, 7) is 7.60. The van der Waals surface area contributed by atoms with Gasteiger partial charge in [-0.3, -0.25) is 4.79 Å². The average molecular weight is 330 g/mol. The number of carbonyl (C=O) groups excluding carboxylic acids is 1. The number of fused-ring (bicyclic) bond motifs is 1. The van der Waals surface area contributed by atoms with Crippen LogP contribution in [-0.4, -0.2) is 49.1 Å². The van der Waals surface area contributed by atoms with Gasteiger partial charge in [0, 0.05) is 20.0 Å². The molecule has 3 heterocycles. The van der Waals surface area contributed by atoms with E-state index in [1.54, 1.807) is 11.7 Å². The minimum atomic E-state index is -0.189. The Labute approximate surface area is 140 Å². The van der Waals surface area contributed by atoms with E-state index in [0.29, 0.717) is 42.2 Å². The maximum absolute atomic E-state index is 13.0. The molecule has 1 saturated heterocycles. The topological polar surface area (TPSA) is 89.9 Å². The van der Waals surface area contributed by atoms with Crippen molar-refractivity contribution in [3.05, 3.63) is 23.2 Å². The minimum absolute atomic E-state index is 0.0442. The van der Waals surface area contributed by atoms with E-state index < -0.39 is 0 Å². The Morgan fingerprint density at radius 1 is 1.33 bits per heavy atom. The summed E-state index contributed by atoms with van der Waals surface area (Å²) in [6, 6.07) is 0. The van der Waals surface area contributed by atoms with Crippen molar-refractivity contribution in [3.63, 3.8) is 0 Å². The molecule has 1 saturated carbocycles. The summed E-state index contributed by atoms with van der Waals surface area (Å²) in [5, 5.41) is 16.9. The maximum atomic E-state index is 13.0. The van der Waals surface area contributed by atoms with Gasteiger partial charge >= 0.3 is 0 Å². The fraction of sp³-hybridized carbons (Fsp3) is 0.688. The molecule has 2 aromatic heterocycles. The van der Waals surface area contributed by atoms with Crippen LogP contribution in [0.2, 0.25) is 0 Å². The van der Waals surface area contributed by atoms with E-state index in [4.69, 9.17) is 4.42 Å². The Hall–Kier alpha value is -2.25. The Balaban J connectivity index is 1.63. The quantitative estimate of drug-likeness (QED) is 0.847. The molecule has 0 unspecified atom stereocenters. The number of likely N-dealkylation sites (tertiary alicyclic amines) is 1. The van der Waals surface area contributed by atoms with E-state index in [0.717, 1.165) is 25.8 Å². The number of carbonyl (C=O) groups is 1. The van der Waals surface area contributed by atoms with Gasteiger partial charge in [-0.2, -0.15) is 9.90 Å². The monoisotopic (exact) mass is 330 g/mol. The molecule has 2 aliphatic rings. The Morgan fingerprint density at radius 3 is 2.83 bits per heavy atom. The molecule has 0 radical (unpaired) electrons. The molecular weight excluding hydrogens is 308 g/mol. The van der Waals surface area contributed by atoms with Gasteiger partial charge in [-0.15, -0.1) is 15.3 Å². The average Bonchev–Trinajstić information content (AvgIpc) is 3.28. The lowest BCUT2D eigenvalue weighted by atomic mass is 9.80. The SMILES string of the molecule is CCn1nc(C)c(C(=O)N2C[C@@H]3CCC[C@]3(c3nnc(C)o3)C2)n1. The lowest BCUT2D eigenvalue weighted by Gasteiger charge is -2.24. The predicted octanol–water partition coefficient (Wildman–Crippen LogP) is 1.49. The molecule has 2 aromatic rings. The van der Waals surface area contributed by atoms with E-state index in [2.05, 4.69) is 20.4 Å². The lowest BCUT2D eigenvalue weighted by molar-refractivity contribution is 0.0768. The lowest BCUT2D eigenvalue weighted by Crippen LogP contribution is -2.35. The van der Waals surface area contributed by atoms with Crippen LogP contribution < -0.4 is 0 Å². The van der Waals surface area contributed by atoms with Gasteiger partial charge in [0.2, 0.25) is 11.8 Å². The molecule has 0 bridgehead atoms. The van der Waals surface area contributed by atoms with Crippen LogP contribution in [0.5, 0.6) is 0 Å². The van der Waals surface area contributed by atoms with E-state index >= 15 is 0 Å². The van der Waals surface area contributed by atoms with Gasteiger partial charge in [0.1, 0.15) is 0 Å². The summed E-state index contributed by atoms with van der Waals surface area (Å²) in [4.78, 5) is 16.4. The van der Waals surface area contributed by atoms with Crippen molar-refractivity contribution in [2.75, 3.05) is 13.1 Å². The van der Waals surface area contributed by atoms with E-state index in [1.807, 2.05) is 18.7 Å². The normalized spacial score (nSPS) is 26.1. The number of rotatable bonds is 3. The van der Waals surface area contributed by atoms with Gasteiger partial charge in [-0.1, -0.05) is 6.42 Å². The third-order valence-electron chi connectivity index (χ3n) is 5.42. The number of aryl methyl sites for hydroxylation is 3. The minimum Gasteiger partial charge on any atom is -0.425 e. The zero-order valence-electron chi connectivity index (χ0n) is 14.3. The molecule has 1 aliphatic carbocycles. The number of hydrogen-bond donors (Lipinski definition) is 0. The third-order valence-corrected chi connectivity index (χ3v) is 5.42. The fourth-order valence-corrected chi connectivity index (χ4v) is 4.21. The van der Waals surface area contributed by atoms with Crippen molar-refractivity contribution in [1.82, 2.24) is 30.1 Å². The van der Waals surface area contributed by atoms with Gasteiger partial charge in [-0.05, 0) is 32.6 Å². The van der Waals surface area contributed by atoms with E-state index in [1.165, 1.54) is 0 Å². The molecule has 0 N–H and O–H groups in total. The first kappa shape index (κ1) is 15.3. The third kappa shape index (κ3) is 2.16. The van der Waals surface area contributed by atoms with Gasteiger partial charge in [0.25, 0.3) is 5.91 Å². The molecule has 24 heavy (non-hydrogen) atoms. The molecule has 1 amide bonds. The molecule has 0 aromatic carbocycles. The van der Waals surface area contributed by atoms with Gasteiger partial charge in [-0.25, -0.2) is 0 Å². The Morgan fingerprint density at radius 2 is 2.17 bits per heavy atom. The van der Waals surface area contributed by atoms with Crippen LogP contribution in [0.3, 0.4) is 0 Å². The van der Waals surface area contributed by atoms with Crippen LogP contribution >= 0.6 is 0 Å². The van der Waals surface area contributed by atoms with Gasteiger partial charge < -0.3 is 9.32 Å². The van der Waals surface area contributed by atoms with Crippen molar-refractivity contribution in [2.24, 2.45) is 5.92 Å². The fourth-order valence-electron chi connectivity index (χ4n) is 4.21. The van der Waals surface area contributed by atoms with E-state index in [-0.39, 0.29) is 11.3 Å². The number of hydrogen-bond acceptors (Lipinski definition) is 6. The van der Waals surface area contributed by atoms with Crippen LogP contribution in [-0.2, 0) is 12.0 Å². The maximum Gasteiger partial charge on any atom is 0.276 e. The first-order valence-electron chi connectivity index (χ1n) is 8.55. The molecule has 2 atom stereocenters. The molecule has 8 heteroatoms. The van der Waals surface area contributed by atoms with Crippen LogP contribution in [0.25, 0.3) is 0 Å². The molecule has 4 rings (SSSR count). The standard InChI is InChI=1S/C16H22N6O2/c1-4-22-19-10(2)13(20-22)14(23)21-8-12-6-5-7-16(12,9-21)15-18-17-11(3)24-15/h12H,4-9H2,1-3H3/t12-,16-/m0/s1. The van der Waals surface area contributed by atoms with Gasteiger partial charge in [0.15, 0.2) is 5.69 Å². The van der Waals surface area contributed by atoms with Crippen molar-refractivity contribution in [3.8, 4) is 0 Å². The molecular formula is C16H22N6O2. The molecule has 2 fully saturated rings. The first-order valence-corrected chi connectivity index (χ1v) is 8.55. The Kier molecular flexibility index (Phi) is 3.43. The highest BCUT2D eigenvalue weighted by molar-refractivity contribution is 5.93. The Bertz CT molecular complexity index is 781. The van der Waals surface area contributed by atoms with Crippen LogP contribution in [0.15, 0.2) is 4.42 Å². The highest BCUT2D eigenvalue weighted by Gasteiger charge is 2.55.